The van der Waals surface area contributed by atoms with Crippen molar-refractivity contribution in [2.75, 3.05) is 6.54 Å². The maximum Gasteiger partial charge on any atom is 0.250 e. The van der Waals surface area contributed by atoms with Crippen molar-refractivity contribution in [2.24, 2.45) is 7.05 Å². The molecule has 1 aromatic rings. The summed E-state index contributed by atoms with van der Waals surface area (Å²) in [5.74, 6) is 0.649. The lowest BCUT2D eigenvalue weighted by Crippen LogP contribution is -2.22. The molecule has 6 heteroatoms. The third-order valence-electron chi connectivity index (χ3n) is 1.39. The number of rotatable bonds is 4. The molecule has 0 aromatic carbocycles. The molecule has 0 bridgehead atoms. The monoisotopic (exact) mass is 176 g/mol. The van der Waals surface area contributed by atoms with E-state index < -0.39 is 6.43 Å². The largest absolute Gasteiger partial charge is 0.320 e. The van der Waals surface area contributed by atoms with Gasteiger partial charge in [-0.05, 0) is 0 Å². The second kappa shape index (κ2) is 4.10. The SMILES string of the molecule is Cn1cnnc1CNCC(F)F. The average Bonchev–Trinajstić information content (AvgIpc) is 2.36. The number of hydrogen-bond acceptors (Lipinski definition) is 3. The summed E-state index contributed by atoms with van der Waals surface area (Å²) in [5, 5.41) is 9.88. The zero-order valence-electron chi connectivity index (χ0n) is 6.67. The Morgan fingerprint density at radius 1 is 1.67 bits per heavy atom. The molecular weight excluding hydrogens is 166 g/mol. The Morgan fingerprint density at radius 2 is 2.42 bits per heavy atom. The van der Waals surface area contributed by atoms with Gasteiger partial charge in [-0.3, -0.25) is 0 Å². The van der Waals surface area contributed by atoms with Crippen LogP contribution in [0.4, 0.5) is 8.78 Å². The van der Waals surface area contributed by atoms with Crippen LogP contribution < -0.4 is 5.32 Å². The Balaban J connectivity index is 2.29. The van der Waals surface area contributed by atoms with E-state index in [2.05, 4.69) is 15.5 Å². The number of aromatic nitrogens is 3. The van der Waals surface area contributed by atoms with Crippen molar-refractivity contribution in [2.45, 2.75) is 13.0 Å². The van der Waals surface area contributed by atoms with Crippen molar-refractivity contribution in [3.63, 3.8) is 0 Å². The molecule has 1 rings (SSSR count). The second-order valence-electron chi connectivity index (χ2n) is 2.38. The van der Waals surface area contributed by atoms with E-state index in [0.29, 0.717) is 12.4 Å². The first-order valence-electron chi connectivity index (χ1n) is 3.52. The predicted octanol–water partition coefficient (Wildman–Crippen LogP) is 0.170. The number of halogens is 2. The van der Waals surface area contributed by atoms with Crippen molar-refractivity contribution in [1.29, 1.82) is 0 Å². The van der Waals surface area contributed by atoms with Crippen LogP contribution in [-0.2, 0) is 13.6 Å². The van der Waals surface area contributed by atoms with Gasteiger partial charge in [-0.2, -0.15) is 0 Å². The van der Waals surface area contributed by atoms with E-state index >= 15 is 0 Å². The first-order chi connectivity index (χ1) is 5.70. The van der Waals surface area contributed by atoms with Crippen LogP contribution in [0.3, 0.4) is 0 Å². The number of nitrogens with one attached hydrogen (secondary N) is 1. The van der Waals surface area contributed by atoms with E-state index in [9.17, 15) is 8.78 Å². The third kappa shape index (κ3) is 2.54. The van der Waals surface area contributed by atoms with Crippen LogP contribution in [0.25, 0.3) is 0 Å². The van der Waals surface area contributed by atoms with Crippen molar-refractivity contribution in [3.05, 3.63) is 12.2 Å². The van der Waals surface area contributed by atoms with Gasteiger partial charge in [0.2, 0.25) is 0 Å². The zero-order chi connectivity index (χ0) is 8.97. The second-order valence-corrected chi connectivity index (χ2v) is 2.38. The summed E-state index contributed by atoms with van der Waals surface area (Å²) in [6, 6.07) is 0. The molecule has 0 saturated carbocycles. The van der Waals surface area contributed by atoms with Crippen LogP contribution >= 0.6 is 0 Å². The summed E-state index contributed by atoms with van der Waals surface area (Å²) in [7, 11) is 1.76. The summed E-state index contributed by atoms with van der Waals surface area (Å²) in [5.41, 5.74) is 0. The highest BCUT2D eigenvalue weighted by atomic mass is 19.3. The van der Waals surface area contributed by atoms with Gasteiger partial charge in [-0.25, -0.2) is 8.78 Å². The Bertz CT molecular complexity index is 235. The molecule has 0 aliphatic carbocycles. The normalized spacial score (nSPS) is 11.0. The van der Waals surface area contributed by atoms with Crippen molar-refractivity contribution < 1.29 is 8.78 Å². The van der Waals surface area contributed by atoms with Gasteiger partial charge >= 0.3 is 0 Å². The van der Waals surface area contributed by atoms with E-state index in [1.165, 1.54) is 6.33 Å². The molecule has 1 aromatic heterocycles. The van der Waals surface area contributed by atoms with Gasteiger partial charge in [-0.1, -0.05) is 0 Å². The molecule has 0 spiro atoms. The molecule has 0 radical (unpaired) electrons. The summed E-state index contributed by atoms with van der Waals surface area (Å²) in [4.78, 5) is 0. The number of hydrogen-bond donors (Lipinski definition) is 1. The van der Waals surface area contributed by atoms with Crippen LogP contribution in [0, 0.1) is 0 Å². The van der Waals surface area contributed by atoms with E-state index in [1.807, 2.05) is 0 Å². The molecule has 0 atom stereocenters. The summed E-state index contributed by atoms with van der Waals surface area (Å²) in [6.07, 6.45) is -0.794. The van der Waals surface area contributed by atoms with Gasteiger partial charge in [0.05, 0.1) is 13.1 Å². The van der Waals surface area contributed by atoms with Crippen LogP contribution in [0.15, 0.2) is 6.33 Å². The highest BCUT2D eigenvalue weighted by molar-refractivity contribution is 4.82. The van der Waals surface area contributed by atoms with Gasteiger partial charge < -0.3 is 9.88 Å². The Kier molecular flexibility index (Phi) is 3.09. The smallest absolute Gasteiger partial charge is 0.250 e. The fourth-order valence-electron chi connectivity index (χ4n) is 0.760. The van der Waals surface area contributed by atoms with Crippen molar-refractivity contribution in [3.8, 4) is 0 Å². The van der Waals surface area contributed by atoms with Gasteiger partial charge in [-0.15, -0.1) is 10.2 Å². The average molecular weight is 176 g/mol. The molecule has 0 amide bonds. The van der Waals surface area contributed by atoms with Gasteiger partial charge in [0.15, 0.2) is 0 Å². The first kappa shape index (κ1) is 9.05. The molecule has 68 valence electrons. The molecule has 0 fully saturated rings. The van der Waals surface area contributed by atoms with Gasteiger partial charge in [0, 0.05) is 7.05 Å². The fraction of sp³-hybridized carbons (Fsp3) is 0.667. The molecule has 1 N–H and O–H groups in total. The molecule has 1 heterocycles. The maximum atomic E-state index is 11.7. The highest BCUT2D eigenvalue weighted by Crippen LogP contribution is 1.92. The molecule has 4 nitrogen and oxygen atoms in total. The molecular formula is C6H10F2N4. The van der Waals surface area contributed by atoms with E-state index in [1.54, 1.807) is 11.6 Å². The summed E-state index contributed by atoms with van der Waals surface area (Å²) >= 11 is 0. The summed E-state index contributed by atoms with van der Waals surface area (Å²) < 4.78 is 25.0. The molecule has 0 aliphatic rings. The minimum absolute atomic E-state index is 0.313. The standard InChI is InChI=1S/C6H10F2N4/c1-12-4-10-11-6(12)3-9-2-5(7)8/h4-5,9H,2-3H2,1H3. The van der Waals surface area contributed by atoms with E-state index in [0.717, 1.165) is 0 Å². The van der Waals surface area contributed by atoms with Crippen LogP contribution in [0.5, 0.6) is 0 Å². The zero-order valence-corrected chi connectivity index (χ0v) is 6.67. The Hall–Kier alpha value is -1.04. The van der Waals surface area contributed by atoms with Crippen LogP contribution in [0.2, 0.25) is 0 Å². The predicted molar refractivity (Wildman–Crippen MR) is 38.7 cm³/mol. The van der Waals surface area contributed by atoms with E-state index in [4.69, 9.17) is 0 Å². The molecule has 12 heavy (non-hydrogen) atoms. The third-order valence-corrected chi connectivity index (χ3v) is 1.39. The molecule has 0 aliphatic heterocycles. The van der Waals surface area contributed by atoms with E-state index in [-0.39, 0.29) is 6.54 Å². The lowest BCUT2D eigenvalue weighted by Gasteiger charge is -2.02. The van der Waals surface area contributed by atoms with Crippen molar-refractivity contribution >= 4 is 0 Å². The van der Waals surface area contributed by atoms with Gasteiger partial charge in [0.25, 0.3) is 6.43 Å². The number of aryl methyl sites for hydroxylation is 1. The van der Waals surface area contributed by atoms with Crippen LogP contribution in [-0.4, -0.2) is 27.7 Å². The number of nitrogens with zero attached hydrogens (tertiary/aromatic N) is 3. The molecule has 0 saturated heterocycles. The molecule has 0 unspecified atom stereocenters. The fourth-order valence-corrected chi connectivity index (χ4v) is 0.760. The lowest BCUT2D eigenvalue weighted by molar-refractivity contribution is 0.145. The highest BCUT2D eigenvalue weighted by Gasteiger charge is 2.03. The lowest BCUT2D eigenvalue weighted by atomic mass is 10.5. The first-order valence-corrected chi connectivity index (χ1v) is 3.52. The quantitative estimate of drug-likeness (QED) is 0.711. The topological polar surface area (TPSA) is 42.7 Å². The summed E-state index contributed by atoms with van der Waals surface area (Å²) in [6.45, 7) is 0.00764. The van der Waals surface area contributed by atoms with Crippen molar-refractivity contribution in [1.82, 2.24) is 20.1 Å². The minimum atomic E-state index is -2.32. The maximum absolute atomic E-state index is 11.7. The minimum Gasteiger partial charge on any atom is -0.320 e. The van der Waals surface area contributed by atoms with Gasteiger partial charge in [0.1, 0.15) is 12.2 Å². The number of alkyl halides is 2. The Labute approximate surface area is 68.6 Å². The van der Waals surface area contributed by atoms with Crippen LogP contribution in [0.1, 0.15) is 5.82 Å². The Morgan fingerprint density at radius 3 is 2.92 bits per heavy atom.